The van der Waals surface area contributed by atoms with Crippen LogP contribution in [-0.2, 0) is 11.2 Å². The summed E-state index contributed by atoms with van der Waals surface area (Å²) in [5.41, 5.74) is 1.51. The van der Waals surface area contributed by atoms with E-state index in [4.69, 9.17) is 18.9 Å². The molecular weight excluding hydrogens is 415 g/mol. The number of aryl methyl sites for hydroxylation is 1. The van der Waals surface area contributed by atoms with Gasteiger partial charge in [0.1, 0.15) is 11.5 Å². The van der Waals surface area contributed by atoms with Gasteiger partial charge in [0, 0.05) is 12.0 Å². The van der Waals surface area contributed by atoms with Crippen LogP contribution in [0.3, 0.4) is 0 Å². The van der Waals surface area contributed by atoms with E-state index in [2.05, 4.69) is 5.32 Å². The molecule has 0 saturated heterocycles. The molecule has 0 radical (unpaired) electrons. The number of ether oxygens (including phenoxy) is 4. The third-order valence-electron chi connectivity index (χ3n) is 4.54. The van der Waals surface area contributed by atoms with Crippen LogP contribution in [0.1, 0.15) is 30.5 Å². The molecule has 0 aliphatic heterocycles. The second kappa shape index (κ2) is 10.8. The molecule has 0 fully saturated rings. The zero-order chi connectivity index (χ0) is 23.0. The Balaban J connectivity index is 1.98. The van der Waals surface area contributed by atoms with Crippen LogP contribution in [0.4, 0.5) is 13.2 Å². The van der Waals surface area contributed by atoms with E-state index in [9.17, 15) is 18.0 Å². The number of hydrogen-bond acceptors (Lipinski definition) is 5. The highest BCUT2D eigenvalue weighted by molar-refractivity contribution is 5.77. The SMILES string of the molecule is COc1ccc(OC)c(C(C)NC(=O)CCc2ccc(OCC(F)(F)F)c(OC)c2)c1. The minimum atomic E-state index is -4.44. The molecule has 2 aromatic rings. The molecule has 2 rings (SSSR count). The first-order valence-electron chi connectivity index (χ1n) is 9.54. The number of alkyl halides is 3. The van der Waals surface area contributed by atoms with Crippen LogP contribution in [0.5, 0.6) is 23.0 Å². The van der Waals surface area contributed by atoms with Crippen LogP contribution in [0, 0.1) is 0 Å². The highest BCUT2D eigenvalue weighted by Gasteiger charge is 2.29. The number of amides is 1. The summed E-state index contributed by atoms with van der Waals surface area (Å²) in [5.74, 6) is 1.27. The zero-order valence-corrected chi connectivity index (χ0v) is 17.8. The van der Waals surface area contributed by atoms with Crippen molar-refractivity contribution < 1.29 is 36.9 Å². The summed E-state index contributed by atoms with van der Waals surface area (Å²) in [4.78, 5) is 12.4. The number of carbonyl (C=O) groups is 1. The molecule has 1 N–H and O–H groups in total. The van der Waals surface area contributed by atoms with Gasteiger partial charge in [-0.25, -0.2) is 0 Å². The van der Waals surface area contributed by atoms with Crippen LogP contribution < -0.4 is 24.3 Å². The van der Waals surface area contributed by atoms with Crippen molar-refractivity contribution in [1.82, 2.24) is 5.32 Å². The summed E-state index contributed by atoms with van der Waals surface area (Å²) in [6, 6.07) is 9.60. The van der Waals surface area contributed by atoms with Gasteiger partial charge in [0.05, 0.1) is 27.4 Å². The lowest BCUT2D eigenvalue weighted by atomic mass is 10.1. The lowest BCUT2D eigenvalue weighted by molar-refractivity contribution is -0.153. The van der Waals surface area contributed by atoms with Crippen LogP contribution in [0.2, 0.25) is 0 Å². The van der Waals surface area contributed by atoms with E-state index in [1.807, 2.05) is 6.92 Å². The molecule has 0 heterocycles. The fraction of sp³-hybridized carbons (Fsp3) is 0.409. The molecule has 1 amide bonds. The maximum absolute atomic E-state index is 12.4. The standard InChI is InChI=1S/C22H26F3NO5/c1-14(17-12-16(28-2)7-9-18(17)29-3)26-21(27)10-6-15-5-8-19(20(11-15)30-4)31-13-22(23,24)25/h5,7-9,11-12,14H,6,10,13H2,1-4H3,(H,26,27). The Morgan fingerprint density at radius 1 is 0.968 bits per heavy atom. The molecular formula is C22H26F3NO5. The van der Waals surface area contributed by atoms with Crippen LogP contribution in [0.15, 0.2) is 36.4 Å². The smallest absolute Gasteiger partial charge is 0.422 e. The Morgan fingerprint density at radius 2 is 1.65 bits per heavy atom. The Kier molecular flexibility index (Phi) is 8.41. The zero-order valence-electron chi connectivity index (χ0n) is 17.8. The summed E-state index contributed by atoms with van der Waals surface area (Å²) < 4.78 is 57.5. The van der Waals surface area contributed by atoms with Crippen molar-refractivity contribution in [3.63, 3.8) is 0 Å². The molecule has 1 unspecified atom stereocenters. The number of methoxy groups -OCH3 is 3. The molecule has 0 aliphatic rings. The number of rotatable bonds is 10. The second-order valence-electron chi connectivity index (χ2n) is 6.79. The van der Waals surface area contributed by atoms with E-state index in [-0.39, 0.29) is 29.9 Å². The highest BCUT2D eigenvalue weighted by atomic mass is 19.4. The normalized spacial score (nSPS) is 12.1. The first-order chi connectivity index (χ1) is 14.7. The molecule has 0 saturated carbocycles. The quantitative estimate of drug-likeness (QED) is 0.590. The second-order valence-corrected chi connectivity index (χ2v) is 6.79. The molecule has 0 aliphatic carbocycles. The minimum absolute atomic E-state index is 0.00762. The van der Waals surface area contributed by atoms with Gasteiger partial charge in [0.15, 0.2) is 18.1 Å². The topological polar surface area (TPSA) is 66.0 Å². The van der Waals surface area contributed by atoms with E-state index in [1.165, 1.54) is 13.2 Å². The molecule has 2 aromatic carbocycles. The summed E-state index contributed by atoms with van der Waals surface area (Å²) >= 11 is 0. The summed E-state index contributed by atoms with van der Waals surface area (Å²) in [6.07, 6.45) is -3.88. The lowest BCUT2D eigenvalue weighted by Crippen LogP contribution is -2.27. The predicted octanol–water partition coefficient (Wildman–Crippen LogP) is 4.46. The van der Waals surface area contributed by atoms with Gasteiger partial charge in [0.25, 0.3) is 0 Å². The van der Waals surface area contributed by atoms with Gasteiger partial charge >= 0.3 is 6.18 Å². The molecule has 31 heavy (non-hydrogen) atoms. The minimum Gasteiger partial charge on any atom is -0.497 e. The first kappa shape index (κ1) is 24.2. The fourth-order valence-corrected chi connectivity index (χ4v) is 2.97. The molecule has 0 spiro atoms. The maximum Gasteiger partial charge on any atom is 0.422 e. The Hall–Kier alpha value is -3.10. The fourth-order valence-electron chi connectivity index (χ4n) is 2.97. The highest BCUT2D eigenvalue weighted by Crippen LogP contribution is 2.31. The molecule has 0 aromatic heterocycles. The Labute approximate surface area is 179 Å². The third-order valence-corrected chi connectivity index (χ3v) is 4.54. The van der Waals surface area contributed by atoms with Crippen molar-refractivity contribution in [3.05, 3.63) is 47.5 Å². The number of hydrogen-bond donors (Lipinski definition) is 1. The number of carbonyl (C=O) groups excluding carboxylic acids is 1. The maximum atomic E-state index is 12.4. The van der Waals surface area contributed by atoms with Crippen molar-refractivity contribution in [2.75, 3.05) is 27.9 Å². The summed E-state index contributed by atoms with van der Waals surface area (Å²) in [7, 11) is 4.45. The van der Waals surface area contributed by atoms with Gasteiger partial charge in [0.2, 0.25) is 5.91 Å². The average molecular weight is 441 g/mol. The molecule has 9 heteroatoms. The van der Waals surface area contributed by atoms with Crippen molar-refractivity contribution in [2.24, 2.45) is 0 Å². The third kappa shape index (κ3) is 7.27. The number of benzene rings is 2. The van der Waals surface area contributed by atoms with Gasteiger partial charge in [-0.05, 0) is 49.2 Å². The summed E-state index contributed by atoms with van der Waals surface area (Å²) in [6.45, 7) is 0.432. The number of nitrogens with one attached hydrogen (secondary N) is 1. The van der Waals surface area contributed by atoms with Crippen molar-refractivity contribution in [1.29, 1.82) is 0 Å². The van der Waals surface area contributed by atoms with Crippen molar-refractivity contribution in [3.8, 4) is 23.0 Å². The van der Waals surface area contributed by atoms with E-state index in [1.54, 1.807) is 44.6 Å². The summed E-state index contributed by atoms with van der Waals surface area (Å²) in [5, 5.41) is 2.91. The van der Waals surface area contributed by atoms with Gasteiger partial charge in [-0.2, -0.15) is 13.2 Å². The van der Waals surface area contributed by atoms with Crippen LogP contribution in [-0.4, -0.2) is 40.0 Å². The van der Waals surface area contributed by atoms with E-state index >= 15 is 0 Å². The predicted molar refractivity (Wildman–Crippen MR) is 109 cm³/mol. The van der Waals surface area contributed by atoms with Crippen molar-refractivity contribution in [2.45, 2.75) is 32.0 Å². The molecule has 170 valence electrons. The van der Waals surface area contributed by atoms with Crippen molar-refractivity contribution >= 4 is 5.91 Å². The molecule has 6 nitrogen and oxygen atoms in total. The molecule has 1 atom stereocenters. The van der Waals surface area contributed by atoms with Gasteiger partial charge in [-0.1, -0.05) is 6.07 Å². The van der Waals surface area contributed by atoms with E-state index < -0.39 is 12.8 Å². The molecule has 0 bridgehead atoms. The lowest BCUT2D eigenvalue weighted by Gasteiger charge is -2.18. The average Bonchev–Trinajstić information content (AvgIpc) is 2.75. The largest absolute Gasteiger partial charge is 0.497 e. The number of halogens is 3. The Bertz CT molecular complexity index is 886. The van der Waals surface area contributed by atoms with Gasteiger partial charge in [-0.15, -0.1) is 0 Å². The Morgan fingerprint density at radius 3 is 2.26 bits per heavy atom. The first-order valence-corrected chi connectivity index (χ1v) is 9.54. The van der Waals surface area contributed by atoms with Crippen LogP contribution in [0.25, 0.3) is 0 Å². The van der Waals surface area contributed by atoms with E-state index in [0.717, 1.165) is 11.1 Å². The van der Waals surface area contributed by atoms with Gasteiger partial charge in [-0.3, -0.25) is 4.79 Å². The van der Waals surface area contributed by atoms with Crippen LogP contribution >= 0.6 is 0 Å². The van der Waals surface area contributed by atoms with E-state index in [0.29, 0.717) is 17.9 Å². The monoisotopic (exact) mass is 441 g/mol. The van der Waals surface area contributed by atoms with Gasteiger partial charge < -0.3 is 24.3 Å².